The largest absolute Gasteiger partial charge is 0.324 e. The van der Waals surface area contributed by atoms with Gasteiger partial charge in [0.15, 0.2) is 5.78 Å². The van der Waals surface area contributed by atoms with Crippen molar-refractivity contribution in [2.75, 3.05) is 10.6 Å². The van der Waals surface area contributed by atoms with Crippen LogP contribution in [0.5, 0.6) is 0 Å². The molecular formula is C10H8BrCl2NO2. The quantitative estimate of drug-likeness (QED) is 0.682. The Balaban J connectivity index is 2.66. The Morgan fingerprint density at radius 2 is 2.00 bits per heavy atom. The number of carbonyl (C=O) groups is 2. The Morgan fingerprint density at radius 3 is 2.56 bits per heavy atom. The van der Waals surface area contributed by atoms with E-state index in [1.165, 1.54) is 6.07 Å². The van der Waals surface area contributed by atoms with E-state index in [9.17, 15) is 9.59 Å². The molecule has 6 heteroatoms. The van der Waals surface area contributed by atoms with Gasteiger partial charge in [-0.15, -0.1) is 0 Å². The molecule has 0 spiro atoms. The van der Waals surface area contributed by atoms with Gasteiger partial charge < -0.3 is 5.32 Å². The van der Waals surface area contributed by atoms with Crippen LogP contribution in [0.3, 0.4) is 0 Å². The maximum atomic E-state index is 11.4. The van der Waals surface area contributed by atoms with E-state index in [1.54, 1.807) is 12.1 Å². The molecule has 0 aromatic heterocycles. The lowest BCUT2D eigenvalue weighted by atomic mass is 10.2. The third kappa shape index (κ3) is 4.12. The summed E-state index contributed by atoms with van der Waals surface area (Å²) in [6.07, 6.45) is -0.176. The van der Waals surface area contributed by atoms with Crippen LogP contribution in [0.2, 0.25) is 10.0 Å². The van der Waals surface area contributed by atoms with Crippen molar-refractivity contribution in [3.8, 4) is 0 Å². The van der Waals surface area contributed by atoms with Crippen LogP contribution in [0, 0.1) is 0 Å². The van der Waals surface area contributed by atoms with Gasteiger partial charge in [-0.2, -0.15) is 0 Å². The molecule has 0 aliphatic rings. The summed E-state index contributed by atoms with van der Waals surface area (Å²) in [7, 11) is 0. The molecule has 1 aromatic carbocycles. The second-order valence-electron chi connectivity index (χ2n) is 3.02. The maximum absolute atomic E-state index is 11.4. The van der Waals surface area contributed by atoms with E-state index in [4.69, 9.17) is 23.2 Å². The molecule has 1 N–H and O–H groups in total. The fourth-order valence-corrected chi connectivity index (χ4v) is 1.67. The van der Waals surface area contributed by atoms with E-state index in [0.29, 0.717) is 15.7 Å². The summed E-state index contributed by atoms with van der Waals surface area (Å²) in [5.41, 5.74) is 0.443. The van der Waals surface area contributed by atoms with Gasteiger partial charge >= 0.3 is 0 Å². The van der Waals surface area contributed by atoms with Gasteiger partial charge in [-0.1, -0.05) is 39.1 Å². The molecule has 0 bridgehead atoms. The smallest absolute Gasteiger partial charge is 0.231 e. The number of carbonyl (C=O) groups excluding carboxylic acids is 2. The predicted molar refractivity (Wildman–Crippen MR) is 68.5 cm³/mol. The molecule has 0 unspecified atom stereocenters. The highest BCUT2D eigenvalue weighted by Crippen LogP contribution is 2.25. The molecule has 86 valence electrons. The lowest BCUT2D eigenvalue weighted by Crippen LogP contribution is -2.17. The van der Waals surface area contributed by atoms with Crippen molar-refractivity contribution < 1.29 is 9.59 Å². The third-order valence-corrected chi connectivity index (χ3v) is 2.89. The lowest BCUT2D eigenvalue weighted by molar-refractivity contribution is -0.123. The van der Waals surface area contributed by atoms with Gasteiger partial charge in [0.2, 0.25) is 5.91 Å². The van der Waals surface area contributed by atoms with Crippen molar-refractivity contribution in [2.24, 2.45) is 0 Å². The Hall–Kier alpha value is -0.580. The molecule has 0 radical (unpaired) electrons. The first-order chi connectivity index (χ1) is 7.52. The normalized spacial score (nSPS) is 9.94. The number of hydrogen-bond acceptors (Lipinski definition) is 2. The second kappa shape index (κ2) is 6.23. The number of nitrogens with one attached hydrogen (secondary N) is 1. The van der Waals surface area contributed by atoms with E-state index in [2.05, 4.69) is 21.2 Å². The van der Waals surface area contributed by atoms with Crippen LogP contribution >= 0.6 is 39.1 Å². The molecule has 3 nitrogen and oxygen atoms in total. The predicted octanol–water partition coefficient (Wildman–Crippen LogP) is 3.29. The average Bonchev–Trinajstić information content (AvgIpc) is 2.22. The molecule has 0 saturated heterocycles. The molecule has 0 fully saturated rings. The van der Waals surface area contributed by atoms with Gasteiger partial charge in [0.05, 0.1) is 22.5 Å². The minimum absolute atomic E-state index is 0.161. The van der Waals surface area contributed by atoms with E-state index < -0.39 is 5.91 Å². The first kappa shape index (κ1) is 13.5. The number of halogens is 3. The molecule has 0 heterocycles. The van der Waals surface area contributed by atoms with E-state index in [-0.39, 0.29) is 17.5 Å². The van der Waals surface area contributed by atoms with Gasteiger partial charge in [-0.3, -0.25) is 9.59 Å². The van der Waals surface area contributed by atoms with E-state index in [0.717, 1.165) is 0 Å². The van der Waals surface area contributed by atoms with Crippen molar-refractivity contribution in [2.45, 2.75) is 6.42 Å². The topological polar surface area (TPSA) is 46.2 Å². The number of Topliss-reactive ketones (excluding diaryl/α,β-unsaturated/α-hetero) is 1. The summed E-state index contributed by atoms with van der Waals surface area (Å²) in [6, 6.07) is 4.71. The SMILES string of the molecule is O=C(CBr)CC(=O)Nc1ccc(Cl)cc1Cl. The zero-order valence-electron chi connectivity index (χ0n) is 8.10. The van der Waals surface area contributed by atoms with E-state index in [1.807, 2.05) is 0 Å². The van der Waals surface area contributed by atoms with Gasteiger partial charge in [0, 0.05) is 5.02 Å². The van der Waals surface area contributed by atoms with E-state index >= 15 is 0 Å². The van der Waals surface area contributed by atoms with Crippen molar-refractivity contribution in [3.63, 3.8) is 0 Å². The highest BCUT2D eigenvalue weighted by molar-refractivity contribution is 9.09. The monoisotopic (exact) mass is 323 g/mol. The van der Waals surface area contributed by atoms with Gasteiger partial charge in [0.25, 0.3) is 0 Å². The van der Waals surface area contributed by atoms with Crippen LogP contribution < -0.4 is 5.32 Å². The lowest BCUT2D eigenvalue weighted by Gasteiger charge is -2.06. The zero-order valence-corrected chi connectivity index (χ0v) is 11.2. The highest BCUT2D eigenvalue weighted by atomic mass is 79.9. The Labute approximate surface area is 111 Å². The highest BCUT2D eigenvalue weighted by Gasteiger charge is 2.10. The van der Waals surface area contributed by atoms with Gasteiger partial charge in [-0.25, -0.2) is 0 Å². The number of ketones is 1. The van der Waals surface area contributed by atoms with Crippen molar-refractivity contribution in [3.05, 3.63) is 28.2 Å². The Bertz CT molecular complexity index is 423. The number of rotatable bonds is 4. The first-order valence-corrected chi connectivity index (χ1v) is 6.23. The zero-order chi connectivity index (χ0) is 12.1. The number of alkyl halides is 1. The second-order valence-corrected chi connectivity index (χ2v) is 4.43. The summed E-state index contributed by atoms with van der Waals surface area (Å²) in [6.45, 7) is 0. The minimum Gasteiger partial charge on any atom is -0.324 e. The van der Waals surface area contributed by atoms with Crippen LogP contribution in [-0.2, 0) is 9.59 Å². The third-order valence-electron chi connectivity index (χ3n) is 1.71. The molecule has 0 atom stereocenters. The van der Waals surface area contributed by atoms with Crippen LogP contribution in [0.1, 0.15) is 6.42 Å². The first-order valence-electron chi connectivity index (χ1n) is 4.35. The molecule has 0 saturated carbocycles. The fraction of sp³-hybridized carbons (Fsp3) is 0.200. The molecule has 0 aliphatic carbocycles. The average molecular weight is 325 g/mol. The number of anilines is 1. The number of benzene rings is 1. The Morgan fingerprint density at radius 1 is 1.31 bits per heavy atom. The Kier molecular flexibility index (Phi) is 5.25. The van der Waals surface area contributed by atoms with Crippen LogP contribution in [0.15, 0.2) is 18.2 Å². The summed E-state index contributed by atoms with van der Waals surface area (Å²) in [5.74, 6) is -0.587. The number of amides is 1. The summed E-state index contributed by atoms with van der Waals surface area (Å²) in [5, 5.41) is 3.52. The molecule has 16 heavy (non-hydrogen) atoms. The maximum Gasteiger partial charge on any atom is 0.231 e. The van der Waals surface area contributed by atoms with Gasteiger partial charge in [-0.05, 0) is 18.2 Å². The standard InChI is InChI=1S/C10H8BrCl2NO2/c11-5-7(15)4-10(16)14-9-2-1-6(12)3-8(9)13/h1-3H,4-5H2,(H,14,16). The summed E-state index contributed by atoms with van der Waals surface area (Å²) in [4.78, 5) is 22.4. The van der Waals surface area contributed by atoms with Crippen molar-refractivity contribution in [1.82, 2.24) is 0 Å². The molecular weight excluding hydrogens is 317 g/mol. The van der Waals surface area contributed by atoms with Crippen molar-refractivity contribution >= 4 is 56.5 Å². The van der Waals surface area contributed by atoms with Crippen LogP contribution in [0.4, 0.5) is 5.69 Å². The van der Waals surface area contributed by atoms with Crippen molar-refractivity contribution in [1.29, 1.82) is 0 Å². The minimum atomic E-state index is -0.395. The molecule has 1 amide bonds. The molecule has 0 aliphatic heterocycles. The van der Waals surface area contributed by atoms with Gasteiger partial charge in [0.1, 0.15) is 0 Å². The summed E-state index contributed by atoms with van der Waals surface area (Å²) < 4.78 is 0. The fourth-order valence-electron chi connectivity index (χ4n) is 1.01. The molecule has 1 aromatic rings. The van der Waals surface area contributed by atoms with Crippen LogP contribution in [-0.4, -0.2) is 17.0 Å². The van der Waals surface area contributed by atoms with Crippen LogP contribution in [0.25, 0.3) is 0 Å². The molecule has 1 rings (SSSR count). The number of hydrogen-bond donors (Lipinski definition) is 1. The summed E-state index contributed by atoms with van der Waals surface area (Å²) >= 11 is 14.5.